The predicted molar refractivity (Wildman–Crippen MR) is 146 cm³/mol. The van der Waals surface area contributed by atoms with E-state index in [1.807, 2.05) is 0 Å². The summed E-state index contributed by atoms with van der Waals surface area (Å²) >= 11 is 0.845. The molecule has 1 unspecified atom stereocenters. The first-order valence-electron chi connectivity index (χ1n) is 11.2. The van der Waals surface area contributed by atoms with Crippen LogP contribution in [0.15, 0.2) is 65.5 Å². The van der Waals surface area contributed by atoms with Crippen LogP contribution < -0.4 is 15.2 Å². The molecule has 1 aliphatic heterocycles. The number of carbonyl (C=O) groups excluding carboxylic acids is 1. The number of hydrogen-bond donors (Lipinski definition) is 2. The van der Waals surface area contributed by atoms with E-state index in [0.29, 0.717) is 23.1 Å². The van der Waals surface area contributed by atoms with Gasteiger partial charge in [-0.3, -0.25) is 19.4 Å². The second-order valence-electron chi connectivity index (χ2n) is 9.48. The average Bonchev–Trinajstić information content (AvgIpc) is 3.31. The Labute approximate surface area is 211 Å². The predicted octanol–water partition coefficient (Wildman–Crippen LogP) is 5.19. The Hall–Kier alpha value is -2.46. The fraction of sp³-hybridized carbons (Fsp3) is 0.400. The minimum absolute atomic E-state index is 0.146. The number of H-pyrrole nitrogens is 1. The van der Waals surface area contributed by atoms with Crippen molar-refractivity contribution in [1.29, 1.82) is 0 Å². The Kier molecular flexibility index (Phi) is 10.1. The van der Waals surface area contributed by atoms with Gasteiger partial charge in [0.15, 0.2) is 5.82 Å². The van der Waals surface area contributed by atoms with Crippen LogP contribution in [-0.2, 0) is 0 Å². The molecule has 0 spiro atoms. The number of aromatic amines is 1. The minimum atomic E-state index is -0.333. The summed E-state index contributed by atoms with van der Waals surface area (Å²) in [5.41, 5.74) is 0.120. The third kappa shape index (κ3) is 7.53. The third-order valence-electron chi connectivity index (χ3n) is 5.03. The van der Waals surface area contributed by atoms with Crippen LogP contribution in [0.5, 0.6) is 0 Å². The van der Waals surface area contributed by atoms with Crippen LogP contribution in [0.1, 0.15) is 37.6 Å². The fourth-order valence-electron chi connectivity index (χ4n) is 3.80. The van der Waals surface area contributed by atoms with Crippen molar-refractivity contribution >= 4 is 38.0 Å². The molecule has 0 bridgehead atoms. The van der Waals surface area contributed by atoms with Gasteiger partial charge in [0.1, 0.15) is 5.82 Å². The van der Waals surface area contributed by atoms with Crippen LogP contribution in [0.2, 0.25) is 17.3 Å². The molecule has 1 fully saturated rings. The summed E-state index contributed by atoms with van der Waals surface area (Å²) in [5.74, 6) is 8.37. The Morgan fingerprint density at radius 3 is 2.47 bits per heavy atom. The van der Waals surface area contributed by atoms with E-state index in [-0.39, 0.29) is 31.4 Å². The van der Waals surface area contributed by atoms with E-state index < -0.39 is 0 Å². The van der Waals surface area contributed by atoms with E-state index in [1.54, 1.807) is 41.2 Å². The molecule has 34 heavy (non-hydrogen) atoms. The zero-order valence-electron chi connectivity index (χ0n) is 21.0. The zero-order chi connectivity index (χ0) is 25.5. The second-order valence-corrected chi connectivity index (χ2v) is 16.7. The molecule has 1 radical (unpaired) electrons. The monoisotopic (exact) mass is 544 g/mol. The molecule has 0 aromatic carbocycles. The van der Waals surface area contributed by atoms with Crippen molar-refractivity contribution < 1.29 is 4.79 Å². The molecule has 1 amide bonds. The number of pyridine rings is 1. The maximum absolute atomic E-state index is 13.0. The quantitative estimate of drug-likeness (QED) is 0.286. The molecule has 7 nitrogen and oxygen atoms in total. The second kappa shape index (κ2) is 12.3. The fourth-order valence-corrected chi connectivity index (χ4v) is 4.37. The molecule has 2 N–H and O–H groups in total. The standard InChI is InChI=1S/C22H27N5O2S.C3H9Ge/c1-6-8-16(7-2)30-25-21(29)17-9-10-18(27-12-11-19(28)24-27)23-20(17)26-14-15(3)13-22(26,4)5;1-4(2)3/h6-12,15H,1-2,13-14H2,3-5H3,(H,24,28)(H,25,29);1-3H3/b16-8+;. The normalized spacial score (nSPS) is 17.2. The number of anilines is 1. The topological polar surface area (TPSA) is 83.0 Å². The van der Waals surface area contributed by atoms with E-state index in [9.17, 15) is 9.59 Å². The van der Waals surface area contributed by atoms with Crippen LogP contribution in [0.3, 0.4) is 0 Å². The van der Waals surface area contributed by atoms with Crippen molar-refractivity contribution in [3.8, 4) is 5.82 Å². The van der Waals surface area contributed by atoms with Gasteiger partial charge in [-0.1, -0.05) is 32.2 Å². The molecule has 183 valence electrons. The first-order chi connectivity index (χ1) is 16.0. The molecular weight excluding hydrogens is 507 g/mol. The van der Waals surface area contributed by atoms with Crippen molar-refractivity contribution in [2.75, 3.05) is 11.4 Å². The van der Waals surface area contributed by atoms with E-state index in [4.69, 9.17) is 4.98 Å². The number of carbonyl (C=O) groups is 1. The van der Waals surface area contributed by atoms with Gasteiger partial charge in [-0.15, -0.1) is 0 Å². The van der Waals surface area contributed by atoms with Crippen molar-refractivity contribution in [2.24, 2.45) is 5.92 Å². The van der Waals surface area contributed by atoms with Crippen LogP contribution in [0.4, 0.5) is 5.82 Å². The molecule has 3 rings (SSSR count). The molecule has 2 aromatic heterocycles. The molecule has 1 aliphatic rings. The van der Waals surface area contributed by atoms with Gasteiger partial charge in [-0.25, -0.2) is 9.67 Å². The van der Waals surface area contributed by atoms with Gasteiger partial charge in [0, 0.05) is 29.3 Å². The van der Waals surface area contributed by atoms with Gasteiger partial charge in [-0.05, 0) is 56.3 Å². The molecule has 0 aliphatic carbocycles. The van der Waals surface area contributed by atoms with Crippen LogP contribution in [0.25, 0.3) is 5.82 Å². The Bertz CT molecular complexity index is 1100. The SMILES string of the molecule is C=C/C=C(\C=C)SNC(=O)c1ccc(-n2ccc(=O)[nH]2)nc1N1CC(C)CC1(C)C.[CH3][Ge]([CH3])[CH3]. The van der Waals surface area contributed by atoms with Gasteiger partial charge in [0.25, 0.3) is 11.5 Å². The first-order valence-corrected chi connectivity index (χ1v) is 18.4. The van der Waals surface area contributed by atoms with Crippen LogP contribution >= 0.6 is 11.9 Å². The summed E-state index contributed by atoms with van der Waals surface area (Å²) in [6.07, 6.45) is 7.69. The molecule has 1 saturated heterocycles. The summed E-state index contributed by atoms with van der Waals surface area (Å²) in [4.78, 5) is 32.3. The van der Waals surface area contributed by atoms with Crippen molar-refractivity contribution in [2.45, 2.75) is 50.0 Å². The Balaban J connectivity index is 0.000000945. The van der Waals surface area contributed by atoms with E-state index in [2.05, 4.69) is 65.9 Å². The summed E-state index contributed by atoms with van der Waals surface area (Å²) in [6.45, 7) is 14.7. The molecule has 0 saturated carbocycles. The van der Waals surface area contributed by atoms with Crippen molar-refractivity contribution in [3.63, 3.8) is 0 Å². The van der Waals surface area contributed by atoms with Crippen LogP contribution in [-0.4, -0.2) is 47.1 Å². The van der Waals surface area contributed by atoms with E-state index in [0.717, 1.165) is 17.9 Å². The van der Waals surface area contributed by atoms with E-state index >= 15 is 0 Å². The van der Waals surface area contributed by atoms with Gasteiger partial charge < -0.3 is 4.90 Å². The van der Waals surface area contributed by atoms with E-state index in [1.165, 1.54) is 18.0 Å². The van der Waals surface area contributed by atoms with Gasteiger partial charge in [-0.2, -0.15) is 0 Å². The van der Waals surface area contributed by atoms with Crippen molar-refractivity contribution in [1.82, 2.24) is 19.5 Å². The molecular formula is C25H36GeN5O2S. The Morgan fingerprint density at radius 2 is 1.97 bits per heavy atom. The molecule has 1 atom stereocenters. The number of rotatable bonds is 7. The third-order valence-corrected chi connectivity index (χ3v) is 5.86. The summed E-state index contributed by atoms with van der Waals surface area (Å²) in [6, 6.07) is 4.90. The molecule has 2 aromatic rings. The Morgan fingerprint density at radius 1 is 1.29 bits per heavy atom. The molecule has 3 heterocycles. The maximum atomic E-state index is 13.0. The first kappa shape index (κ1) is 27.8. The van der Waals surface area contributed by atoms with Crippen LogP contribution in [0, 0.1) is 5.92 Å². The van der Waals surface area contributed by atoms with Gasteiger partial charge >= 0.3 is 31.6 Å². The molecule has 9 heteroatoms. The number of nitrogens with zero attached hydrogens (tertiary/aromatic N) is 3. The number of amides is 1. The van der Waals surface area contributed by atoms with Gasteiger partial charge in [0.2, 0.25) is 0 Å². The number of nitrogens with one attached hydrogen (secondary N) is 2. The zero-order valence-corrected chi connectivity index (χ0v) is 23.9. The number of hydrogen-bond acceptors (Lipinski definition) is 5. The van der Waals surface area contributed by atoms with Gasteiger partial charge in [0.05, 0.1) is 5.56 Å². The summed E-state index contributed by atoms with van der Waals surface area (Å²) < 4.78 is 4.41. The number of allylic oxidation sites excluding steroid dienone is 3. The summed E-state index contributed by atoms with van der Waals surface area (Å²) in [7, 11) is 0. The number of aromatic nitrogens is 3. The summed E-state index contributed by atoms with van der Waals surface area (Å²) in [5, 5.41) is 2.70. The van der Waals surface area contributed by atoms with Crippen molar-refractivity contribution in [3.05, 3.63) is 76.6 Å². The average molecular weight is 543 g/mol.